The van der Waals surface area contributed by atoms with Gasteiger partial charge in [0, 0.05) is 23.5 Å². The molecule has 1 saturated heterocycles. The fourth-order valence-corrected chi connectivity index (χ4v) is 4.70. The van der Waals surface area contributed by atoms with Crippen LogP contribution in [0.1, 0.15) is 63.1 Å². The van der Waals surface area contributed by atoms with Gasteiger partial charge in [-0.1, -0.05) is 25.2 Å². The Kier molecular flexibility index (Phi) is 3.34. The highest BCUT2D eigenvalue weighted by Crippen LogP contribution is 2.44. The van der Waals surface area contributed by atoms with Crippen molar-refractivity contribution >= 4 is 16.5 Å². The molecule has 1 aliphatic carbocycles. The fourth-order valence-electron chi connectivity index (χ4n) is 3.49. The van der Waals surface area contributed by atoms with E-state index in [1.807, 2.05) is 11.3 Å². The Balaban J connectivity index is 1.90. The second kappa shape index (κ2) is 4.74. The van der Waals surface area contributed by atoms with Gasteiger partial charge in [0.2, 0.25) is 0 Å². The highest BCUT2D eigenvalue weighted by atomic mass is 32.1. The summed E-state index contributed by atoms with van der Waals surface area (Å²) in [5, 5.41) is 1.21. The molecule has 0 bridgehead atoms. The number of nitrogens with zero attached hydrogens (tertiary/aromatic N) is 2. The zero-order valence-corrected chi connectivity index (χ0v) is 13.1. The van der Waals surface area contributed by atoms with Crippen LogP contribution in [0.4, 0.5) is 5.13 Å². The number of piperidine rings is 1. The lowest BCUT2D eigenvalue weighted by Crippen LogP contribution is -2.37. The van der Waals surface area contributed by atoms with Gasteiger partial charge in [-0.3, -0.25) is 0 Å². The monoisotopic (exact) mass is 279 g/mol. The third kappa shape index (κ3) is 2.52. The minimum Gasteiger partial charge on any atom is -0.345 e. The number of aromatic nitrogens is 1. The van der Waals surface area contributed by atoms with Gasteiger partial charge < -0.3 is 10.6 Å². The van der Waals surface area contributed by atoms with Crippen molar-refractivity contribution in [2.24, 2.45) is 11.1 Å². The van der Waals surface area contributed by atoms with Crippen LogP contribution in [-0.4, -0.2) is 17.6 Å². The minimum atomic E-state index is 0.185. The lowest BCUT2D eigenvalue weighted by atomic mass is 9.77. The van der Waals surface area contributed by atoms with Gasteiger partial charge in [0.1, 0.15) is 0 Å². The van der Waals surface area contributed by atoms with Crippen molar-refractivity contribution < 1.29 is 0 Å². The van der Waals surface area contributed by atoms with Crippen LogP contribution in [0.3, 0.4) is 0 Å². The number of hydrogen-bond donors (Lipinski definition) is 1. The van der Waals surface area contributed by atoms with E-state index in [4.69, 9.17) is 10.7 Å². The third-order valence-electron chi connectivity index (χ3n) is 4.52. The van der Waals surface area contributed by atoms with Crippen molar-refractivity contribution in [2.45, 2.75) is 65.0 Å². The second-order valence-electron chi connectivity index (χ2n) is 7.00. The largest absolute Gasteiger partial charge is 0.345 e. The molecule has 0 amide bonds. The highest BCUT2D eigenvalue weighted by molar-refractivity contribution is 7.15. The molecule has 2 N–H and O–H groups in total. The van der Waals surface area contributed by atoms with E-state index >= 15 is 0 Å². The van der Waals surface area contributed by atoms with Crippen LogP contribution in [0.25, 0.3) is 0 Å². The van der Waals surface area contributed by atoms with Gasteiger partial charge >= 0.3 is 0 Å². The molecule has 2 atom stereocenters. The van der Waals surface area contributed by atoms with Crippen molar-refractivity contribution in [3.63, 3.8) is 0 Å². The first-order chi connectivity index (χ1) is 8.96. The van der Waals surface area contributed by atoms with E-state index in [0.717, 1.165) is 19.4 Å². The predicted octanol–water partition coefficient (Wildman–Crippen LogP) is 3.49. The van der Waals surface area contributed by atoms with Crippen molar-refractivity contribution in [1.82, 2.24) is 4.98 Å². The van der Waals surface area contributed by atoms with Gasteiger partial charge in [-0.2, -0.15) is 0 Å². The van der Waals surface area contributed by atoms with Crippen molar-refractivity contribution in [1.29, 1.82) is 0 Å². The first-order valence-electron chi connectivity index (χ1n) is 7.48. The maximum Gasteiger partial charge on any atom is 0.186 e. The van der Waals surface area contributed by atoms with E-state index in [-0.39, 0.29) is 6.04 Å². The van der Waals surface area contributed by atoms with Gasteiger partial charge in [0.15, 0.2) is 5.13 Å². The van der Waals surface area contributed by atoms with Crippen LogP contribution in [0.2, 0.25) is 0 Å². The molecule has 0 spiro atoms. The summed E-state index contributed by atoms with van der Waals surface area (Å²) in [7, 11) is 0. The first kappa shape index (κ1) is 13.4. The van der Waals surface area contributed by atoms with E-state index < -0.39 is 0 Å². The molecular weight excluding hydrogens is 254 g/mol. The number of anilines is 1. The average Bonchev–Trinajstić information content (AvgIpc) is 2.71. The number of hydrogen-bond acceptors (Lipinski definition) is 4. The number of nitrogens with two attached hydrogens (primary N) is 1. The second-order valence-corrected chi connectivity index (χ2v) is 8.01. The van der Waals surface area contributed by atoms with Crippen molar-refractivity contribution in [2.75, 3.05) is 11.4 Å². The number of fused-ring (bicyclic) bond motifs is 1. The fraction of sp³-hybridized carbons (Fsp3) is 0.800. The van der Waals surface area contributed by atoms with Crippen LogP contribution in [0.5, 0.6) is 0 Å². The van der Waals surface area contributed by atoms with Gasteiger partial charge in [-0.05, 0) is 44.4 Å². The zero-order chi connectivity index (χ0) is 13.6. The Morgan fingerprint density at radius 3 is 2.89 bits per heavy atom. The molecule has 3 nitrogen and oxygen atoms in total. The maximum atomic E-state index is 6.35. The van der Waals surface area contributed by atoms with E-state index in [1.54, 1.807) is 0 Å². The molecular formula is C15H25N3S. The Hall–Kier alpha value is -0.610. The van der Waals surface area contributed by atoms with Gasteiger partial charge in [0.05, 0.1) is 5.69 Å². The minimum absolute atomic E-state index is 0.185. The summed E-state index contributed by atoms with van der Waals surface area (Å²) in [6.45, 7) is 8.09. The summed E-state index contributed by atoms with van der Waals surface area (Å²) in [5.41, 5.74) is 7.91. The van der Waals surface area contributed by atoms with E-state index in [9.17, 15) is 0 Å². The van der Waals surface area contributed by atoms with Crippen LogP contribution in [0, 0.1) is 5.41 Å². The lowest BCUT2D eigenvalue weighted by Gasteiger charge is -2.33. The molecule has 106 valence electrons. The van der Waals surface area contributed by atoms with E-state index in [1.165, 1.54) is 35.0 Å². The molecule has 19 heavy (non-hydrogen) atoms. The van der Waals surface area contributed by atoms with E-state index in [0.29, 0.717) is 11.5 Å². The molecule has 0 aromatic carbocycles. The standard InChI is InChI=1S/C15H25N3S/c1-10-6-4-5-7-18(10)14-17-12-9-15(2,3)8-11(16)13(12)19-14/h10-11H,4-9,16H2,1-3H3. The Morgan fingerprint density at radius 1 is 1.37 bits per heavy atom. The summed E-state index contributed by atoms with van der Waals surface area (Å²) in [6.07, 6.45) is 6.11. The predicted molar refractivity (Wildman–Crippen MR) is 81.8 cm³/mol. The Morgan fingerprint density at radius 2 is 2.16 bits per heavy atom. The molecule has 1 aromatic heterocycles. The normalized spacial score (nSPS) is 30.2. The molecule has 3 rings (SSSR count). The lowest BCUT2D eigenvalue weighted by molar-refractivity contribution is 0.282. The number of rotatable bonds is 1. The SMILES string of the molecule is CC1CCCCN1c1nc2c(s1)C(N)CC(C)(C)C2. The summed E-state index contributed by atoms with van der Waals surface area (Å²) < 4.78 is 0. The molecule has 4 heteroatoms. The molecule has 1 aliphatic heterocycles. The summed E-state index contributed by atoms with van der Waals surface area (Å²) >= 11 is 1.84. The Labute approximate surface area is 120 Å². The van der Waals surface area contributed by atoms with Crippen molar-refractivity contribution in [3.8, 4) is 0 Å². The van der Waals surface area contributed by atoms with Gasteiger partial charge in [-0.25, -0.2) is 4.98 Å². The molecule has 1 aromatic rings. The quantitative estimate of drug-likeness (QED) is 0.855. The van der Waals surface area contributed by atoms with Gasteiger partial charge in [0.25, 0.3) is 0 Å². The third-order valence-corrected chi connectivity index (χ3v) is 5.79. The molecule has 1 fully saturated rings. The summed E-state index contributed by atoms with van der Waals surface area (Å²) in [6, 6.07) is 0.815. The molecule has 2 heterocycles. The molecule has 2 unspecified atom stereocenters. The van der Waals surface area contributed by atoms with Crippen LogP contribution >= 0.6 is 11.3 Å². The molecule has 0 saturated carbocycles. The Bertz CT molecular complexity index is 466. The van der Waals surface area contributed by atoms with Gasteiger partial charge in [-0.15, -0.1) is 0 Å². The van der Waals surface area contributed by atoms with E-state index in [2.05, 4.69) is 25.7 Å². The zero-order valence-electron chi connectivity index (χ0n) is 12.3. The number of thiazole rings is 1. The van der Waals surface area contributed by atoms with Crippen LogP contribution < -0.4 is 10.6 Å². The van der Waals surface area contributed by atoms with Crippen molar-refractivity contribution in [3.05, 3.63) is 10.6 Å². The smallest absolute Gasteiger partial charge is 0.186 e. The highest BCUT2D eigenvalue weighted by Gasteiger charge is 2.34. The summed E-state index contributed by atoms with van der Waals surface area (Å²) in [4.78, 5) is 8.77. The molecule has 0 radical (unpaired) electrons. The molecule has 2 aliphatic rings. The van der Waals surface area contributed by atoms with Crippen LogP contribution in [0.15, 0.2) is 0 Å². The summed E-state index contributed by atoms with van der Waals surface area (Å²) in [5.74, 6) is 0. The average molecular weight is 279 g/mol. The topological polar surface area (TPSA) is 42.2 Å². The first-order valence-corrected chi connectivity index (χ1v) is 8.30. The van der Waals surface area contributed by atoms with Crippen LogP contribution in [-0.2, 0) is 6.42 Å². The maximum absolute atomic E-state index is 6.35.